The van der Waals surface area contributed by atoms with E-state index in [1.807, 2.05) is 0 Å². The van der Waals surface area contributed by atoms with Gasteiger partial charge in [-0.2, -0.15) is 0 Å². The molecule has 0 atom stereocenters. The molecule has 3 rings (SSSR count). The van der Waals surface area contributed by atoms with Crippen molar-refractivity contribution in [2.24, 2.45) is 0 Å². The van der Waals surface area contributed by atoms with Gasteiger partial charge in [0.1, 0.15) is 5.75 Å². The number of urea groups is 1. The fourth-order valence-electron chi connectivity index (χ4n) is 2.54. The highest BCUT2D eigenvalue weighted by molar-refractivity contribution is 6.31. The molecule has 1 aromatic heterocycles. The Hall–Kier alpha value is -2.54. The molecule has 0 saturated carbocycles. The van der Waals surface area contributed by atoms with Crippen LogP contribution in [0.1, 0.15) is 0 Å². The largest absolute Gasteiger partial charge is 0.495 e. The molecule has 7 nitrogen and oxygen atoms in total. The van der Waals surface area contributed by atoms with Crippen molar-refractivity contribution in [3.05, 3.63) is 41.7 Å². The number of hydrogen-bond acceptors (Lipinski definition) is 5. The van der Waals surface area contributed by atoms with Gasteiger partial charge in [-0.25, -0.2) is 14.8 Å². The van der Waals surface area contributed by atoms with E-state index in [1.165, 1.54) is 0 Å². The molecule has 0 bridgehead atoms. The Bertz CT molecular complexity index is 705. The van der Waals surface area contributed by atoms with E-state index in [0.717, 1.165) is 0 Å². The molecule has 0 unspecified atom stereocenters. The summed E-state index contributed by atoms with van der Waals surface area (Å²) < 4.78 is 5.25. The zero-order valence-electron chi connectivity index (χ0n) is 13.3. The summed E-state index contributed by atoms with van der Waals surface area (Å²) in [6, 6.07) is 6.72. The van der Waals surface area contributed by atoms with Crippen LogP contribution >= 0.6 is 11.6 Å². The summed E-state index contributed by atoms with van der Waals surface area (Å²) in [5.41, 5.74) is 0.559. The molecule has 2 amide bonds. The third kappa shape index (κ3) is 3.68. The summed E-state index contributed by atoms with van der Waals surface area (Å²) in [4.78, 5) is 24.7. The highest BCUT2D eigenvalue weighted by Gasteiger charge is 2.23. The number of nitrogens with one attached hydrogen (secondary N) is 1. The predicted molar refractivity (Wildman–Crippen MR) is 92.8 cm³/mol. The van der Waals surface area contributed by atoms with Gasteiger partial charge in [-0.15, -0.1) is 0 Å². The first-order valence-corrected chi connectivity index (χ1v) is 7.96. The molecular formula is C16H18ClN5O2. The number of amides is 2. The highest BCUT2D eigenvalue weighted by atomic mass is 35.5. The summed E-state index contributed by atoms with van der Waals surface area (Å²) in [7, 11) is 1.55. The second-order valence-electron chi connectivity index (χ2n) is 5.30. The lowest BCUT2D eigenvalue weighted by molar-refractivity contribution is 0.208. The molecule has 0 spiro atoms. The van der Waals surface area contributed by atoms with Gasteiger partial charge in [0, 0.05) is 43.6 Å². The van der Waals surface area contributed by atoms with Gasteiger partial charge in [-0.1, -0.05) is 11.6 Å². The van der Waals surface area contributed by atoms with E-state index < -0.39 is 0 Å². The lowest BCUT2D eigenvalue weighted by atomic mass is 10.3. The van der Waals surface area contributed by atoms with Gasteiger partial charge in [-0.05, 0) is 24.3 Å². The maximum atomic E-state index is 12.5. The van der Waals surface area contributed by atoms with Crippen LogP contribution in [0.25, 0.3) is 0 Å². The Morgan fingerprint density at radius 1 is 1.21 bits per heavy atom. The van der Waals surface area contributed by atoms with Gasteiger partial charge in [0.15, 0.2) is 0 Å². The molecule has 1 fully saturated rings. The molecule has 8 heteroatoms. The van der Waals surface area contributed by atoms with E-state index in [0.29, 0.717) is 48.6 Å². The normalized spacial score (nSPS) is 14.4. The Morgan fingerprint density at radius 2 is 1.92 bits per heavy atom. The third-order valence-corrected chi connectivity index (χ3v) is 4.04. The molecule has 1 N–H and O–H groups in total. The van der Waals surface area contributed by atoms with E-state index in [-0.39, 0.29) is 6.03 Å². The maximum Gasteiger partial charge on any atom is 0.322 e. The minimum Gasteiger partial charge on any atom is -0.495 e. The smallest absolute Gasteiger partial charge is 0.322 e. The van der Waals surface area contributed by atoms with Crippen LogP contribution in [0.5, 0.6) is 5.75 Å². The minimum absolute atomic E-state index is 0.177. The number of benzene rings is 1. The number of piperazine rings is 1. The number of carbonyl (C=O) groups excluding carboxylic acids is 1. The van der Waals surface area contributed by atoms with Crippen molar-refractivity contribution in [2.75, 3.05) is 43.5 Å². The monoisotopic (exact) mass is 347 g/mol. The topological polar surface area (TPSA) is 70.6 Å². The van der Waals surface area contributed by atoms with Gasteiger partial charge in [-0.3, -0.25) is 0 Å². The van der Waals surface area contributed by atoms with Crippen molar-refractivity contribution in [2.45, 2.75) is 0 Å². The first kappa shape index (κ1) is 16.3. The second-order valence-corrected chi connectivity index (χ2v) is 5.73. The van der Waals surface area contributed by atoms with Crippen molar-refractivity contribution in [3.8, 4) is 5.75 Å². The lowest BCUT2D eigenvalue weighted by Gasteiger charge is -2.34. The summed E-state index contributed by atoms with van der Waals surface area (Å²) in [5.74, 6) is 1.26. The summed E-state index contributed by atoms with van der Waals surface area (Å²) in [6.07, 6.45) is 3.43. The molecule has 126 valence electrons. The number of hydrogen-bond donors (Lipinski definition) is 1. The molecule has 2 heterocycles. The molecule has 0 aliphatic carbocycles. The number of nitrogens with zero attached hydrogens (tertiary/aromatic N) is 4. The second kappa shape index (κ2) is 7.35. The molecule has 1 aliphatic heterocycles. The van der Waals surface area contributed by atoms with E-state index in [2.05, 4.69) is 20.2 Å². The Morgan fingerprint density at radius 3 is 2.58 bits per heavy atom. The summed E-state index contributed by atoms with van der Waals surface area (Å²) in [6.45, 7) is 2.55. The van der Waals surface area contributed by atoms with Gasteiger partial charge < -0.3 is 19.9 Å². The van der Waals surface area contributed by atoms with Crippen molar-refractivity contribution in [3.63, 3.8) is 0 Å². The van der Waals surface area contributed by atoms with Crippen molar-refractivity contribution < 1.29 is 9.53 Å². The number of carbonyl (C=O) groups is 1. The van der Waals surface area contributed by atoms with Crippen molar-refractivity contribution in [1.29, 1.82) is 0 Å². The molecule has 1 saturated heterocycles. The summed E-state index contributed by atoms with van der Waals surface area (Å²) in [5, 5.41) is 3.39. The van der Waals surface area contributed by atoms with E-state index in [4.69, 9.17) is 16.3 Å². The van der Waals surface area contributed by atoms with Crippen molar-refractivity contribution in [1.82, 2.24) is 14.9 Å². The maximum absolute atomic E-state index is 12.5. The van der Waals surface area contributed by atoms with Gasteiger partial charge in [0.2, 0.25) is 5.95 Å². The first-order valence-electron chi connectivity index (χ1n) is 7.59. The number of methoxy groups -OCH3 is 1. The van der Waals surface area contributed by atoms with Gasteiger partial charge in [0.05, 0.1) is 12.8 Å². The number of aromatic nitrogens is 2. The Labute approximate surface area is 145 Å². The first-order chi connectivity index (χ1) is 11.7. The quantitative estimate of drug-likeness (QED) is 0.923. The SMILES string of the molecule is COc1ccc(Cl)cc1NC(=O)N1CCN(c2ncccn2)CC1. The number of halogens is 1. The van der Waals surface area contributed by atoms with Crippen LogP contribution in [0.2, 0.25) is 5.02 Å². The highest BCUT2D eigenvalue weighted by Crippen LogP contribution is 2.28. The van der Waals surface area contributed by atoms with E-state index in [1.54, 1.807) is 48.7 Å². The predicted octanol–water partition coefficient (Wildman–Crippen LogP) is 2.49. The fourth-order valence-corrected chi connectivity index (χ4v) is 2.71. The van der Waals surface area contributed by atoms with E-state index >= 15 is 0 Å². The lowest BCUT2D eigenvalue weighted by Crippen LogP contribution is -2.50. The zero-order chi connectivity index (χ0) is 16.9. The molecule has 1 aromatic carbocycles. The van der Waals surface area contributed by atoms with Crippen LogP contribution in [0.4, 0.5) is 16.4 Å². The summed E-state index contributed by atoms with van der Waals surface area (Å²) >= 11 is 5.99. The Kier molecular flexibility index (Phi) is 5.00. The van der Waals surface area contributed by atoms with Crippen LogP contribution in [-0.4, -0.2) is 54.2 Å². The van der Waals surface area contributed by atoms with Crippen LogP contribution in [0, 0.1) is 0 Å². The van der Waals surface area contributed by atoms with Crippen LogP contribution in [0.15, 0.2) is 36.7 Å². The average molecular weight is 348 g/mol. The Balaban J connectivity index is 1.61. The van der Waals surface area contributed by atoms with E-state index in [9.17, 15) is 4.79 Å². The van der Waals surface area contributed by atoms with Crippen LogP contribution < -0.4 is 15.0 Å². The molecular weight excluding hydrogens is 330 g/mol. The fraction of sp³-hybridized carbons (Fsp3) is 0.312. The number of rotatable bonds is 3. The number of anilines is 2. The molecule has 0 radical (unpaired) electrons. The van der Waals surface area contributed by atoms with Crippen molar-refractivity contribution >= 4 is 29.3 Å². The third-order valence-electron chi connectivity index (χ3n) is 3.80. The zero-order valence-corrected chi connectivity index (χ0v) is 14.0. The molecule has 24 heavy (non-hydrogen) atoms. The van der Waals surface area contributed by atoms with Crippen LogP contribution in [0.3, 0.4) is 0 Å². The van der Waals surface area contributed by atoms with Gasteiger partial charge in [0.25, 0.3) is 0 Å². The van der Waals surface area contributed by atoms with Crippen LogP contribution in [-0.2, 0) is 0 Å². The molecule has 2 aromatic rings. The molecule has 1 aliphatic rings. The van der Waals surface area contributed by atoms with Gasteiger partial charge >= 0.3 is 6.03 Å². The number of ether oxygens (including phenoxy) is 1. The minimum atomic E-state index is -0.177. The average Bonchev–Trinajstić information content (AvgIpc) is 2.63. The standard InChI is InChI=1S/C16H18ClN5O2/c1-24-14-4-3-12(17)11-13(14)20-16(23)22-9-7-21(8-10-22)15-18-5-2-6-19-15/h2-6,11H,7-10H2,1H3,(H,20,23).